The molecule has 6 nitrogen and oxygen atoms in total. The first-order chi connectivity index (χ1) is 10.5. The van der Waals surface area contributed by atoms with Crippen molar-refractivity contribution in [3.05, 3.63) is 24.3 Å². The summed E-state index contributed by atoms with van der Waals surface area (Å²) in [6, 6.07) is 5.50. The molecule has 23 heavy (non-hydrogen) atoms. The minimum absolute atomic E-state index is 0.0458. The zero-order valence-electron chi connectivity index (χ0n) is 14.4. The van der Waals surface area contributed by atoms with Crippen molar-refractivity contribution in [3.8, 4) is 0 Å². The number of nitrogens with one attached hydrogen (secondary N) is 2. The topological polar surface area (TPSA) is 101 Å². The Morgan fingerprint density at radius 3 is 2.43 bits per heavy atom. The van der Waals surface area contributed by atoms with Crippen LogP contribution in [0.15, 0.2) is 29.2 Å². The number of rotatable bonds is 6. The van der Waals surface area contributed by atoms with E-state index < -0.39 is 21.6 Å². The summed E-state index contributed by atoms with van der Waals surface area (Å²) in [5.74, 6) is -0.276. The van der Waals surface area contributed by atoms with Gasteiger partial charge in [-0.1, -0.05) is 26.3 Å². The van der Waals surface area contributed by atoms with Crippen LogP contribution in [-0.2, 0) is 14.8 Å². The standard InChI is InChI=1S/C16H27N3O3S/c1-6-11(2)14(17)15(20)18-12-8-7-9-13(10-12)23(21,22)19-16(3,4)5/h7-11,14,19H,6,17H2,1-5H3,(H,18,20). The number of hydrogen-bond donors (Lipinski definition) is 3. The van der Waals surface area contributed by atoms with Gasteiger partial charge in [0.25, 0.3) is 0 Å². The highest BCUT2D eigenvalue weighted by Gasteiger charge is 2.23. The van der Waals surface area contributed by atoms with Crippen molar-refractivity contribution in [1.82, 2.24) is 4.72 Å². The third-order valence-electron chi connectivity index (χ3n) is 3.41. The molecule has 1 aromatic carbocycles. The van der Waals surface area contributed by atoms with Crippen molar-refractivity contribution < 1.29 is 13.2 Å². The van der Waals surface area contributed by atoms with Crippen LogP contribution in [0.25, 0.3) is 0 Å². The predicted molar refractivity (Wildman–Crippen MR) is 92.6 cm³/mol. The molecule has 2 unspecified atom stereocenters. The molecule has 7 heteroatoms. The van der Waals surface area contributed by atoms with Gasteiger partial charge in [-0.25, -0.2) is 13.1 Å². The fourth-order valence-corrected chi connectivity index (χ4v) is 3.40. The minimum atomic E-state index is -3.65. The number of carbonyl (C=O) groups is 1. The molecule has 0 fully saturated rings. The largest absolute Gasteiger partial charge is 0.325 e. The van der Waals surface area contributed by atoms with Crippen LogP contribution in [0.1, 0.15) is 41.0 Å². The fraction of sp³-hybridized carbons (Fsp3) is 0.562. The zero-order valence-corrected chi connectivity index (χ0v) is 15.2. The van der Waals surface area contributed by atoms with E-state index in [0.29, 0.717) is 5.69 Å². The van der Waals surface area contributed by atoms with E-state index in [0.717, 1.165) is 6.42 Å². The molecule has 0 saturated carbocycles. The molecule has 130 valence electrons. The van der Waals surface area contributed by atoms with E-state index >= 15 is 0 Å². The lowest BCUT2D eigenvalue weighted by Gasteiger charge is -2.21. The first-order valence-electron chi connectivity index (χ1n) is 7.67. The Balaban J connectivity index is 2.96. The average molecular weight is 341 g/mol. The Bertz CT molecular complexity index is 651. The fourth-order valence-electron chi connectivity index (χ4n) is 1.94. The second-order valence-electron chi connectivity index (χ2n) is 6.78. The van der Waals surface area contributed by atoms with Gasteiger partial charge in [-0.15, -0.1) is 0 Å². The lowest BCUT2D eigenvalue weighted by Crippen LogP contribution is -2.41. The Hall–Kier alpha value is -1.44. The molecule has 4 N–H and O–H groups in total. The highest BCUT2D eigenvalue weighted by Crippen LogP contribution is 2.18. The van der Waals surface area contributed by atoms with Crippen LogP contribution < -0.4 is 15.8 Å². The third-order valence-corrected chi connectivity index (χ3v) is 5.17. The van der Waals surface area contributed by atoms with Crippen molar-refractivity contribution in [2.45, 2.75) is 57.5 Å². The third kappa shape index (κ3) is 5.93. The molecule has 0 heterocycles. The quantitative estimate of drug-likeness (QED) is 0.737. The second-order valence-corrected chi connectivity index (χ2v) is 8.47. The van der Waals surface area contributed by atoms with E-state index in [1.165, 1.54) is 12.1 Å². The smallest absolute Gasteiger partial charge is 0.241 e. The van der Waals surface area contributed by atoms with Crippen LogP contribution in [0.4, 0.5) is 5.69 Å². The second kappa shape index (κ2) is 7.42. The van der Waals surface area contributed by atoms with Crippen LogP contribution in [-0.4, -0.2) is 25.9 Å². The summed E-state index contributed by atoms with van der Waals surface area (Å²) in [5.41, 5.74) is 5.71. The molecule has 1 aromatic rings. The monoisotopic (exact) mass is 341 g/mol. The maximum Gasteiger partial charge on any atom is 0.241 e. The predicted octanol–water partition coefficient (Wildman–Crippen LogP) is 2.08. The molecule has 0 spiro atoms. The molecule has 0 aromatic heterocycles. The molecule has 0 radical (unpaired) electrons. The summed E-state index contributed by atoms with van der Waals surface area (Å²) >= 11 is 0. The van der Waals surface area contributed by atoms with E-state index in [-0.39, 0.29) is 16.7 Å². The van der Waals surface area contributed by atoms with Gasteiger partial charge in [-0.2, -0.15) is 0 Å². The highest BCUT2D eigenvalue weighted by atomic mass is 32.2. The van der Waals surface area contributed by atoms with Gasteiger partial charge >= 0.3 is 0 Å². The van der Waals surface area contributed by atoms with Crippen LogP contribution >= 0.6 is 0 Å². The first kappa shape index (κ1) is 19.6. The average Bonchev–Trinajstić information content (AvgIpc) is 2.43. The van der Waals surface area contributed by atoms with Crippen LogP contribution in [0.5, 0.6) is 0 Å². The molecule has 0 aliphatic carbocycles. The zero-order chi connectivity index (χ0) is 17.8. The van der Waals surface area contributed by atoms with Crippen molar-refractivity contribution in [3.63, 3.8) is 0 Å². The Kier molecular flexibility index (Phi) is 6.33. The summed E-state index contributed by atoms with van der Waals surface area (Å²) < 4.78 is 27.2. The molecule has 0 saturated heterocycles. The Morgan fingerprint density at radius 1 is 1.30 bits per heavy atom. The number of amides is 1. The number of sulfonamides is 1. The number of nitrogens with two attached hydrogens (primary N) is 1. The van der Waals surface area contributed by atoms with Crippen molar-refractivity contribution in [2.24, 2.45) is 11.7 Å². The summed E-state index contributed by atoms with van der Waals surface area (Å²) in [5, 5.41) is 2.68. The number of anilines is 1. The molecule has 0 aliphatic heterocycles. The normalized spacial score (nSPS) is 15.0. The number of carbonyl (C=O) groups excluding carboxylic acids is 1. The number of hydrogen-bond acceptors (Lipinski definition) is 4. The van der Waals surface area contributed by atoms with Gasteiger partial charge in [0.1, 0.15) is 0 Å². The highest BCUT2D eigenvalue weighted by molar-refractivity contribution is 7.89. The molecule has 1 amide bonds. The van der Waals surface area contributed by atoms with Gasteiger partial charge in [0.2, 0.25) is 15.9 Å². The van der Waals surface area contributed by atoms with Crippen molar-refractivity contribution >= 4 is 21.6 Å². The van der Waals surface area contributed by atoms with Gasteiger partial charge in [0.15, 0.2) is 0 Å². The maximum absolute atomic E-state index is 12.3. The SMILES string of the molecule is CCC(C)C(N)C(=O)Nc1cccc(S(=O)(=O)NC(C)(C)C)c1. The Labute approximate surface area is 138 Å². The van der Waals surface area contributed by atoms with Gasteiger partial charge in [0, 0.05) is 11.2 Å². The summed E-state index contributed by atoms with van der Waals surface area (Å²) in [4.78, 5) is 12.2. The molecule has 0 aliphatic rings. The van der Waals surface area contributed by atoms with Crippen molar-refractivity contribution in [1.29, 1.82) is 0 Å². The Morgan fingerprint density at radius 2 is 1.91 bits per heavy atom. The summed E-state index contributed by atoms with van der Waals surface area (Å²) in [6.45, 7) is 9.16. The maximum atomic E-state index is 12.3. The summed E-state index contributed by atoms with van der Waals surface area (Å²) in [6.07, 6.45) is 0.790. The molecule has 0 bridgehead atoms. The van der Waals surface area contributed by atoms with Gasteiger partial charge in [-0.3, -0.25) is 4.79 Å². The molecule has 2 atom stereocenters. The van der Waals surface area contributed by atoms with E-state index in [1.54, 1.807) is 32.9 Å². The lowest BCUT2D eigenvalue weighted by atomic mass is 9.99. The van der Waals surface area contributed by atoms with E-state index in [1.807, 2.05) is 13.8 Å². The van der Waals surface area contributed by atoms with Gasteiger partial charge < -0.3 is 11.1 Å². The molecular formula is C16H27N3O3S. The van der Waals surface area contributed by atoms with Crippen LogP contribution in [0, 0.1) is 5.92 Å². The van der Waals surface area contributed by atoms with E-state index in [4.69, 9.17) is 5.73 Å². The van der Waals surface area contributed by atoms with Gasteiger partial charge in [-0.05, 0) is 44.9 Å². The molecular weight excluding hydrogens is 314 g/mol. The molecule has 1 rings (SSSR count). The van der Waals surface area contributed by atoms with Crippen LogP contribution in [0.2, 0.25) is 0 Å². The van der Waals surface area contributed by atoms with Gasteiger partial charge in [0.05, 0.1) is 10.9 Å². The van der Waals surface area contributed by atoms with Crippen LogP contribution in [0.3, 0.4) is 0 Å². The number of benzene rings is 1. The summed E-state index contributed by atoms with van der Waals surface area (Å²) in [7, 11) is -3.65. The van der Waals surface area contributed by atoms with E-state index in [9.17, 15) is 13.2 Å². The van der Waals surface area contributed by atoms with Crippen molar-refractivity contribution in [2.75, 3.05) is 5.32 Å². The first-order valence-corrected chi connectivity index (χ1v) is 9.15. The lowest BCUT2D eigenvalue weighted by molar-refractivity contribution is -0.118. The minimum Gasteiger partial charge on any atom is -0.325 e. The van der Waals surface area contributed by atoms with E-state index in [2.05, 4.69) is 10.0 Å².